The maximum absolute atomic E-state index is 12.7. The van der Waals surface area contributed by atoms with Gasteiger partial charge in [-0.1, -0.05) is 6.92 Å². The van der Waals surface area contributed by atoms with Crippen molar-refractivity contribution in [3.63, 3.8) is 0 Å². The molecule has 118 valence electrons. The number of urea groups is 1. The Morgan fingerprint density at radius 2 is 2.50 bits per heavy atom. The smallest absolute Gasteiger partial charge is 0.318 e. The van der Waals surface area contributed by atoms with E-state index in [1.807, 2.05) is 22.7 Å². The highest BCUT2D eigenvalue weighted by Gasteiger charge is 2.30. The topological polar surface area (TPSA) is 73.9 Å². The lowest BCUT2D eigenvalue weighted by atomic mass is 9.98. The van der Waals surface area contributed by atoms with Crippen LogP contribution in [0.1, 0.15) is 55.3 Å². The van der Waals surface area contributed by atoms with Crippen LogP contribution in [-0.4, -0.2) is 32.7 Å². The van der Waals surface area contributed by atoms with Crippen LogP contribution in [0.2, 0.25) is 0 Å². The standard InChI is InChI=1S/C15H21N5OS/c1-2-12(14-16-6-8-22-14)19-15(21)20-7-4-3-5-13(20)11-9-17-18-10-11/h6,8-10,12-13H,2-5,7H2,1H3,(H,17,18)(H,19,21)/t12-,13-/m0/s1. The Balaban J connectivity index is 1.72. The molecule has 2 aromatic heterocycles. The summed E-state index contributed by atoms with van der Waals surface area (Å²) in [6, 6.07) is 0.0914. The average molecular weight is 319 g/mol. The van der Waals surface area contributed by atoms with E-state index < -0.39 is 0 Å². The number of aromatic amines is 1. The average Bonchev–Trinajstić information content (AvgIpc) is 3.25. The molecular weight excluding hydrogens is 298 g/mol. The molecule has 7 heteroatoms. The summed E-state index contributed by atoms with van der Waals surface area (Å²) in [6.45, 7) is 2.85. The first-order chi connectivity index (χ1) is 10.8. The van der Waals surface area contributed by atoms with E-state index in [2.05, 4.69) is 27.4 Å². The normalized spacial score (nSPS) is 19.9. The summed E-state index contributed by atoms with van der Waals surface area (Å²) in [7, 11) is 0. The van der Waals surface area contributed by atoms with Crippen molar-refractivity contribution in [2.24, 2.45) is 0 Å². The zero-order valence-corrected chi connectivity index (χ0v) is 13.5. The van der Waals surface area contributed by atoms with E-state index in [0.29, 0.717) is 0 Å². The highest BCUT2D eigenvalue weighted by Crippen LogP contribution is 2.31. The molecule has 0 saturated carbocycles. The van der Waals surface area contributed by atoms with Crippen molar-refractivity contribution in [1.29, 1.82) is 0 Å². The van der Waals surface area contributed by atoms with Crippen molar-refractivity contribution < 1.29 is 4.79 Å². The maximum atomic E-state index is 12.7. The molecule has 0 bridgehead atoms. The predicted molar refractivity (Wildman–Crippen MR) is 85.6 cm³/mol. The van der Waals surface area contributed by atoms with Gasteiger partial charge in [0, 0.05) is 29.9 Å². The second kappa shape index (κ2) is 6.91. The molecule has 2 aromatic rings. The van der Waals surface area contributed by atoms with Crippen LogP contribution in [-0.2, 0) is 0 Å². The molecule has 0 radical (unpaired) electrons. The second-order valence-corrected chi connectivity index (χ2v) is 6.44. The summed E-state index contributed by atoms with van der Waals surface area (Å²) in [5.74, 6) is 0. The largest absolute Gasteiger partial charge is 0.329 e. The van der Waals surface area contributed by atoms with Crippen LogP contribution in [0.5, 0.6) is 0 Å². The molecule has 0 unspecified atom stereocenters. The molecule has 3 heterocycles. The van der Waals surface area contributed by atoms with Gasteiger partial charge in [0.05, 0.1) is 18.3 Å². The lowest BCUT2D eigenvalue weighted by Gasteiger charge is -2.36. The number of carbonyl (C=O) groups excluding carboxylic acids is 1. The number of aromatic nitrogens is 3. The fraction of sp³-hybridized carbons (Fsp3) is 0.533. The zero-order chi connectivity index (χ0) is 15.4. The van der Waals surface area contributed by atoms with Gasteiger partial charge < -0.3 is 10.2 Å². The molecule has 1 fully saturated rings. The van der Waals surface area contributed by atoms with Gasteiger partial charge in [-0.25, -0.2) is 9.78 Å². The number of nitrogens with zero attached hydrogens (tertiary/aromatic N) is 3. The van der Waals surface area contributed by atoms with Crippen molar-refractivity contribution in [3.8, 4) is 0 Å². The lowest BCUT2D eigenvalue weighted by molar-refractivity contribution is 0.148. The third-order valence-electron chi connectivity index (χ3n) is 4.12. The van der Waals surface area contributed by atoms with Crippen molar-refractivity contribution in [2.75, 3.05) is 6.54 Å². The Morgan fingerprint density at radius 1 is 1.59 bits per heavy atom. The van der Waals surface area contributed by atoms with Crippen molar-refractivity contribution in [3.05, 3.63) is 34.5 Å². The summed E-state index contributed by atoms with van der Waals surface area (Å²) < 4.78 is 0. The van der Waals surface area contributed by atoms with Gasteiger partial charge >= 0.3 is 6.03 Å². The van der Waals surface area contributed by atoms with Gasteiger partial charge in [-0.05, 0) is 25.7 Å². The molecule has 1 aliphatic heterocycles. The van der Waals surface area contributed by atoms with E-state index in [1.54, 1.807) is 17.5 Å². The first-order valence-corrected chi connectivity index (χ1v) is 8.62. The fourth-order valence-corrected chi connectivity index (χ4v) is 3.71. The van der Waals surface area contributed by atoms with Gasteiger partial charge in [0.15, 0.2) is 0 Å². The molecule has 0 spiro atoms. The first kappa shape index (κ1) is 15.0. The fourth-order valence-electron chi connectivity index (χ4n) is 2.94. The monoisotopic (exact) mass is 319 g/mol. The Morgan fingerprint density at radius 3 is 3.18 bits per heavy atom. The number of hydrogen-bond acceptors (Lipinski definition) is 4. The van der Waals surface area contributed by atoms with Crippen LogP contribution in [0.3, 0.4) is 0 Å². The number of rotatable bonds is 4. The van der Waals surface area contributed by atoms with Crippen LogP contribution < -0.4 is 5.32 Å². The summed E-state index contributed by atoms with van der Waals surface area (Å²) in [6.07, 6.45) is 9.50. The van der Waals surface area contributed by atoms with E-state index in [1.165, 1.54) is 0 Å². The minimum atomic E-state index is -0.0144. The number of likely N-dealkylation sites (tertiary alicyclic amines) is 1. The second-order valence-electron chi connectivity index (χ2n) is 5.52. The highest BCUT2D eigenvalue weighted by atomic mass is 32.1. The quantitative estimate of drug-likeness (QED) is 0.908. The maximum Gasteiger partial charge on any atom is 0.318 e. The highest BCUT2D eigenvalue weighted by molar-refractivity contribution is 7.09. The SMILES string of the molecule is CC[C@H](NC(=O)N1CCCC[C@H]1c1cn[nH]c1)c1nccs1. The van der Waals surface area contributed by atoms with E-state index in [-0.39, 0.29) is 18.1 Å². The molecule has 3 rings (SSSR count). The molecule has 2 N–H and O–H groups in total. The number of piperidine rings is 1. The van der Waals surface area contributed by atoms with E-state index in [9.17, 15) is 4.79 Å². The molecule has 2 atom stereocenters. The number of carbonyl (C=O) groups is 1. The van der Waals surface area contributed by atoms with Crippen LogP contribution in [0, 0.1) is 0 Å². The van der Waals surface area contributed by atoms with Gasteiger partial charge in [-0.15, -0.1) is 11.3 Å². The van der Waals surface area contributed by atoms with Crippen LogP contribution in [0.4, 0.5) is 4.79 Å². The van der Waals surface area contributed by atoms with Crippen LogP contribution in [0.15, 0.2) is 24.0 Å². The van der Waals surface area contributed by atoms with Crippen molar-refractivity contribution >= 4 is 17.4 Å². The molecule has 2 amide bonds. The molecule has 0 aromatic carbocycles. The Hall–Kier alpha value is -1.89. The van der Waals surface area contributed by atoms with Crippen LogP contribution in [0.25, 0.3) is 0 Å². The molecule has 1 aliphatic rings. The molecule has 1 saturated heterocycles. The summed E-state index contributed by atoms with van der Waals surface area (Å²) in [5.41, 5.74) is 1.08. The Labute approximate surface area is 133 Å². The van der Waals surface area contributed by atoms with Gasteiger partial charge in [0.2, 0.25) is 0 Å². The summed E-state index contributed by atoms with van der Waals surface area (Å²) in [4.78, 5) is 19.0. The van der Waals surface area contributed by atoms with Gasteiger partial charge in [0.1, 0.15) is 5.01 Å². The third-order valence-corrected chi connectivity index (χ3v) is 5.01. The van der Waals surface area contributed by atoms with E-state index in [4.69, 9.17) is 0 Å². The number of H-pyrrole nitrogens is 1. The summed E-state index contributed by atoms with van der Waals surface area (Å²) in [5, 5.41) is 12.9. The van der Waals surface area contributed by atoms with E-state index in [0.717, 1.165) is 42.8 Å². The molecular formula is C15H21N5OS. The number of hydrogen-bond donors (Lipinski definition) is 2. The van der Waals surface area contributed by atoms with Gasteiger partial charge in [-0.3, -0.25) is 5.10 Å². The van der Waals surface area contributed by atoms with E-state index >= 15 is 0 Å². The first-order valence-electron chi connectivity index (χ1n) is 7.74. The Kier molecular flexibility index (Phi) is 4.72. The third kappa shape index (κ3) is 3.14. The molecule has 6 nitrogen and oxygen atoms in total. The number of nitrogens with one attached hydrogen (secondary N) is 2. The predicted octanol–water partition coefficient (Wildman–Crippen LogP) is 3.25. The molecule has 0 aliphatic carbocycles. The van der Waals surface area contributed by atoms with Crippen LogP contribution >= 0.6 is 11.3 Å². The van der Waals surface area contributed by atoms with Crippen molar-refractivity contribution in [2.45, 2.75) is 44.7 Å². The zero-order valence-electron chi connectivity index (χ0n) is 12.7. The van der Waals surface area contributed by atoms with Crippen molar-refractivity contribution in [1.82, 2.24) is 25.4 Å². The molecule has 22 heavy (non-hydrogen) atoms. The lowest BCUT2D eigenvalue weighted by Crippen LogP contribution is -2.45. The number of thiazole rings is 1. The number of amides is 2. The van der Waals surface area contributed by atoms with Gasteiger partial charge in [0.25, 0.3) is 0 Å². The minimum Gasteiger partial charge on any atom is -0.329 e. The Bertz CT molecular complexity index is 583. The van der Waals surface area contributed by atoms with Gasteiger partial charge in [-0.2, -0.15) is 5.10 Å². The summed E-state index contributed by atoms with van der Waals surface area (Å²) >= 11 is 1.58. The minimum absolute atomic E-state index is 0.00653.